The van der Waals surface area contributed by atoms with Crippen LogP contribution >= 0.6 is 17.8 Å². The maximum Gasteiger partial charge on any atom is 2.00 e. The van der Waals surface area contributed by atoms with E-state index in [1.807, 2.05) is 0 Å². The zero-order valence-electron chi connectivity index (χ0n) is 23.2. The van der Waals surface area contributed by atoms with Gasteiger partial charge in [-0.1, -0.05) is 102 Å². The van der Waals surface area contributed by atoms with Gasteiger partial charge in [0.05, 0.1) is 0 Å². The Kier molecular flexibility index (Phi) is 29.8. The van der Waals surface area contributed by atoms with Crippen LogP contribution in [0.25, 0.3) is 0 Å². The first-order chi connectivity index (χ1) is 13.7. The summed E-state index contributed by atoms with van der Waals surface area (Å²) in [6.07, 6.45) is 7.90. The van der Waals surface area contributed by atoms with E-state index in [-0.39, 0.29) is 21.7 Å². The average molecular weight is 513 g/mol. The fourth-order valence-electron chi connectivity index (χ4n) is 4.15. The van der Waals surface area contributed by atoms with Crippen molar-refractivity contribution in [1.29, 1.82) is 0 Å². The largest absolute Gasteiger partial charge is 2.00 e. The van der Waals surface area contributed by atoms with Gasteiger partial charge in [-0.3, -0.25) is 0 Å². The van der Waals surface area contributed by atoms with Crippen LogP contribution in [0.3, 0.4) is 0 Å². The molecule has 0 saturated heterocycles. The molecule has 0 radical (unpaired) electrons. The SMILES string of the molecule is CC(C)P.CC(C)[O-].CC(C)[O-].CCC(C)C1(C(C)CC)CCCC(PC(C)C)C1.[Ti+2]. The normalized spacial score (nSPS) is 22.7. The molecule has 188 valence electrons. The number of hydrogen-bond acceptors (Lipinski definition) is 2. The molecule has 0 aromatic rings. The van der Waals surface area contributed by atoms with Crippen molar-refractivity contribution in [1.82, 2.24) is 0 Å². The van der Waals surface area contributed by atoms with Gasteiger partial charge in [-0.15, -0.1) is 30.0 Å². The molecule has 1 aliphatic rings. The van der Waals surface area contributed by atoms with Gasteiger partial charge >= 0.3 is 21.7 Å². The molecule has 1 saturated carbocycles. The molecule has 5 atom stereocenters. The molecule has 31 heavy (non-hydrogen) atoms. The summed E-state index contributed by atoms with van der Waals surface area (Å²) in [7, 11) is 3.85. The second-order valence-corrected chi connectivity index (χ2v) is 13.9. The summed E-state index contributed by atoms with van der Waals surface area (Å²) < 4.78 is 0. The van der Waals surface area contributed by atoms with Gasteiger partial charge in [0.2, 0.25) is 0 Å². The third kappa shape index (κ3) is 24.4. The summed E-state index contributed by atoms with van der Waals surface area (Å²) in [4.78, 5) is 0. The molecule has 0 aromatic heterocycles. The molecule has 0 spiro atoms. The first-order valence-corrected chi connectivity index (χ1v) is 14.3. The van der Waals surface area contributed by atoms with Crippen molar-refractivity contribution in [3.8, 4) is 0 Å². The monoisotopic (exact) mass is 512 g/mol. The van der Waals surface area contributed by atoms with Gasteiger partial charge in [-0.2, -0.15) is 0 Å². The first kappa shape index (κ1) is 39.7. The van der Waals surface area contributed by atoms with E-state index in [0.717, 1.165) is 28.8 Å². The minimum Gasteiger partial charge on any atom is -0.852 e. The molecule has 2 nitrogen and oxygen atoms in total. The smallest absolute Gasteiger partial charge is 0.852 e. The predicted molar refractivity (Wildman–Crippen MR) is 142 cm³/mol. The van der Waals surface area contributed by atoms with Gasteiger partial charge in [0.15, 0.2) is 0 Å². The van der Waals surface area contributed by atoms with Crippen LogP contribution in [0.5, 0.6) is 0 Å². The third-order valence-corrected chi connectivity index (χ3v) is 7.21. The Hall–Kier alpha value is 1.49. The summed E-state index contributed by atoms with van der Waals surface area (Å²) in [5, 5.41) is 19.1. The van der Waals surface area contributed by atoms with E-state index in [0.29, 0.717) is 5.41 Å². The Balaban J connectivity index is -0.000000232. The van der Waals surface area contributed by atoms with Crippen molar-refractivity contribution < 1.29 is 31.9 Å². The van der Waals surface area contributed by atoms with Crippen molar-refractivity contribution in [2.45, 2.75) is 151 Å². The summed E-state index contributed by atoms with van der Waals surface area (Å²) in [6.45, 7) is 25.3. The quantitative estimate of drug-likeness (QED) is 0.288. The molecule has 1 fully saturated rings. The Morgan fingerprint density at radius 1 is 0.839 bits per heavy atom. The molecule has 0 amide bonds. The van der Waals surface area contributed by atoms with Gasteiger partial charge in [-0.05, 0) is 53.5 Å². The van der Waals surface area contributed by atoms with Gasteiger partial charge in [0.25, 0.3) is 0 Å². The van der Waals surface area contributed by atoms with E-state index in [4.69, 9.17) is 0 Å². The van der Waals surface area contributed by atoms with Crippen LogP contribution < -0.4 is 10.2 Å². The molecule has 0 aliphatic heterocycles. The van der Waals surface area contributed by atoms with Crippen molar-refractivity contribution >= 4 is 17.8 Å². The fourth-order valence-corrected chi connectivity index (χ4v) is 5.96. The second-order valence-electron chi connectivity index (χ2n) is 10.3. The van der Waals surface area contributed by atoms with E-state index in [1.165, 1.54) is 47.1 Å². The van der Waals surface area contributed by atoms with Gasteiger partial charge in [-0.25, -0.2) is 0 Å². The third-order valence-electron chi connectivity index (χ3n) is 5.58. The molecule has 0 heterocycles. The van der Waals surface area contributed by atoms with E-state index >= 15 is 0 Å². The maximum atomic E-state index is 9.53. The number of hydrogen-bond donors (Lipinski definition) is 0. The predicted octanol–water partition coefficient (Wildman–Crippen LogP) is 6.87. The summed E-state index contributed by atoms with van der Waals surface area (Å²) in [5.41, 5.74) is 3.34. The Labute approximate surface area is 217 Å². The van der Waals surface area contributed by atoms with Crippen molar-refractivity contribution in [3.05, 3.63) is 0 Å². The van der Waals surface area contributed by atoms with E-state index in [1.54, 1.807) is 27.7 Å². The molecule has 5 unspecified atom stereocenters. The van der Waals surface area contributed by atoms with Gasteiger partial charge < -0.3 is 10.2 Å². The van der Waals surface area contributed by atoms with Crippen molar-refractivity contribution in [3.63, 3.8) is 0 Å². The molecule has 1 aliphatic carbocycles. The van der Waals surface area contributed by atoms with Crippen LogP contribution in [0.4, 0.5) is 0 Å². The molecule has 0 bridgehead atoms. The maximum absolute atomic E-state index is 9.53. The standard InChI is InChI=1S/C17H35P.2C3H7O.C3H9P.Ti/c1-7-14(5)17(15(6)8-2)11-9-10-16(12-17)18-13(3)4;3*1-3(2)4;/h13-16,18H,7-12H2,1-6H3;2*3H,1-2H3;3H,4H2,1-2H3;/q;2*-1;;+2. The summed E-state index contributed by atoms with van der Waals surface area (Å²) in [6, 6.07) is 0. The average Bonchev–Trinajstić information content (AvgIpc) is 2.58. The van der Waals surface area contributed by atoms with E-state index in [9.17, 15) is 10.2 Å². The minimum atomic E-state index is -0.417. The van der Waals surface area contributed by atoms with Crippen LogP contribution in [0.15, 0.2) is 0 Å². The van der Waals surface area contributed by atoms with Crippen LogP contribution in [0, 0.1) is 17.3 Å². The Morgan fingerprint density at radius 2 is 1.16 bits per heavy atom. The molecular formula is C26H58O2P2Ti. The molecule has 1 rings (SSSR count). The van der Waals surface area contributed by atoms with E-state index < -0.39 is 12.2 Å². The van der Waals surface area contributed by atoms with Gasteiger partial charge in [0, 0.05) is 0 Å². The zero-order valence-corrected chi connectivity index (χ0v) is 26.9. The van der Waals surface area contributed by atoms with Crippen LogP contribution in [0.1, 0.15) is 122 Å². The fraction of sp³-hybridized carbons (Fsp3) is 1.00. The summed E-state index contributed by atoms with van der Waals surface area (Å²) in [5.74, 6) is 1.82. The molecular weight excluding hydrogens is 454 g/mol. The second kappa shape index (κ2) is 23.2. The van der Waals surface area contributed by atoms with Crippen molar-refractivity contribution in [2.75, 3.05) is 0 Å². The van der Waals surface area contributed by atoms with E-state index in [2.05, 4.69) is 64.6 Å². The minimum absolute atomic E-state index is 0. The Bertz CT molecular complexity index is 331. The molecule has 0 N–H and O–H groups in total. The summed E-state index contributed by atoms with van der Waals surface area (Å²) >= 11 is 0. The number of rotatable bonds is 6. The van der Waals surface area contributed by atoms with Gasteiger partial charge in [0.1, 0.15) is 0 Å². The first-order valence-electron chi connectivity index (χ1n) is 12.5. The van der Waals surface area contributed by atoms with Crippen molar-refractivity contribution in [2.24, 2.45) is 17.3 Å². The zero-order chi connectivity index (χ0) is 24.5. The van der Waals surface area contributed by atoms with Crippen LogP contribution in [-0.2, 0) is 21.7 Å². The topological polar surface area (TPSA) is 46.1 Å². The Morgan fingerprint density at radius 3 is 1.42 bits per heavy atom. The molecule has 0 aromatic carbocycles. The molecule has 5 heteroatoms. The van der Waals surface area contributed by atoms with Crippen LogP contribution in [-0.4, -0.2) is 29.2 Å². The van der Waals surface area contributed by atoms with Crippen LogP contribution in [0.2, 0.25) is 0 Å².